The fraction of sp³-hybridized carbons (Fsp3) is 0.478. The average molecular weight is 524 g/mol. The van der Waals surface area contributed by atoms with Crippen molar-refractivity contribution in [1.82, 2.24) is 16.0 Å². The van der Waals surface area contributed by atoms with Crippen molar-refractivity contribution in [3.63, 3.8) is 0 Å². The van der Waals surface area contributed by atoms with Crippen LogP contribution < -0.4 is 27.4 Å². The molecule has 0 saturated heterocycles. The minimum Gasteiger partial charge on any atom is -0.508 e. The zero-order valence-electron chi connectivity index (χ0n) is 20.5. The van der Waals surface area contributed by atoms with Gasteiger partial charge >= 0.3 is 11.9 Å². The smallest absolute Gasteiger partial charge is 0.326 e. The van der Waals surface area contributed by atoms with E-state index in [2.05, 4.69) is 16.0 Å². The van der Waals surface area contributed by atoms with Crippen LogP contribution in [0.4, 0.5) is 0 Å². The van der Waals surface area contributed by atoms with E-state index in [1.54, 1.807) is 13.8 Å². The summed E-state index contributed by atoms with van der Waals surface area (Å²) in [5, 5.41) is 34.7. The Balaban J connectivity index is 3.05. The van der Waals surface area contributed by atoms with Crippen molar-refractivity contribution in [3.8, 4) is 5.75 Å². The zero-order valence-corrected chi connectivity index (χ0v) is 20.5. The van der Waals surface area contributed by atoms with Crippen molar-refractivity contribution in [1.29, 1.82) is 0 Å². The number of hydrogen-bond acceptors (Lipinski definition) is 8. The van der Waals surface area contributed by atoms with E-state index in [1.165, 1.54) is 24.3 Å². The third-order valence-corrected chi connectivity index (χ3v) is 5.60. The fourth-order valence-corrected chi connectivity index (χ4v) is 3.19. The zero-order chi connectivity index (χ0) is 28.3. The Morgan fingerprint density at radius 2 is 1.32 bits per heavy atom. The highest BCUT2D eigenvalue weighted by atomic mass is 16.4. The summed E-state index contributed by atoms with van der Waals surface area (Å²) >= 11 is 0. The number of primary amides is 1. The molecular formula is C23H33N5O9. The predicted molar refractivity (Wildman–Crippen MR) is 129 cm³/mol. The molecule has 0 aromatic heterocycles. The Bertz CT molecular complexity index is 999. The number of phenolic OH excluding ortho intramolecular Hbond substituents is 1. The number of aromatic hydroxyl groups is 1. The molecule has 0 aliphatic heterocycles. The molecule has 5 unspecified atom stereocenters. The van der Waals surface area contributed by atoms with Gasteiger partial charge in [0, 0.05) is 6.42 Å². The second-order valence-corrected chi connectivity index (χ2v) is 8.57. The highest BCUT2D eigenvalue weighted by Crippen LogP contribution is 2.12. The van der Waals surface area contributed by atoms with Crippen molar-refractivity contribution in [3.05, 3.63) is 29.8 Å². The van der Waals surface area contributed by atoms with Crippen LogP contribution in [0.2, 0.25) is 0 Å². The third-order valence-electron chi connectivity index (χ3n) is 5.60. The van der Waals surface area contributed by atoms with Crippen molar-refractivity contribution in [2.45, 2.75) is 63.7 Å². The minimum atomic E-state index is -1.66. The molecular weight excluding hydrogens is 490 g/mol. The van der Waals surface area contributed by atoms with Gasteiger partial charge in [-0.15, -0.1) is 0 Å². The molecule has 0 aliphatic rings. The van der Waals surface area contributed by atoms with Gasteiger partial charge in [-0.1, -0.05) is 32.4 Å². The summed E-state index contributed by atoms with van der Waals surface area (Å²) in [5.74, 6) is -7.15. The van der Waals surface area contributed by atoms with Crippen LogP contribution in [0.25, 0.3) is 0 Å². The molecule has 37 heavy (non-hydrogen) atoms. The van der Waals surface area contributed by atoms with Gasteiger partial charge in [0.2, 0.25) is 23.6 Å². The quantitative estimate of drug-likeness (QED) is 0.128. The molecule has 1 rings (SSSR count). The summed E-state index contributed by atoms with van der Waals surface area (Å²) in [5.41, 5.74) is 11.5. The number of phenols is 1. The van der Waals surface area contributed by atoms with Crippen molar-refractivity contribution in [2.75, 3.05) is 0 Å². The SMILES string of the molecule is CCC(C)C(N)C(=O)NC(CC(=O)O)C(=O)NC(CC(N)=O)C(=O)NC(Cc1ccc(O)cc1)C(=O)O. The number of carbonyl (C=O) groups excluding carboxylic acids is 4. The molecule has 0 radical (unpaired) electrons. The lowest BCUT2D eigenvalue weighted by Gasteiger charge is -2.25. The summed E-state index contributed by atoms with van der Waals surface area (Å²) in [6.07, 6.45) is -1.23. The third kappa shape index (κ3) is 10.5. The molecule has 0 spiro atoms. The Kier molecular flexibility index (Phi) is 12.0. The van der Waals surface area contributed by atoms with Gasteiger partial charge in [-0.05, 0) is 23.6 Å². The molecule has 1 aromatic rings. The van der Waals surface area contributed by atoms with Gasteiger partial charge < -0.3 is 42.7 Å². The maximum absolute atomic E-state index is 12.8. The lowest BCUT2D eigenvalue weighted by atomic mass is 9.99. The lowest BCUT2D eigenvalue weighted by molar-refractivity contribution is -0.143. The Hall–Kier alpha value is -4.20. The summed E-state index contributed by atoms with van der Waals surface area (Å²) in [7, 11) is 0. The number of aliphatic carboxylic acids is 2. The van der Waals surface area contributed by atoms with Gasteiger partial charge in [-0.2, -0.15) is 0 Å². The first kappa shape index (κ1) is 30.8. The number of carboxylic acid groups (broad SMARTS) is 2. The molecule has 14 nitrogen and oxygen atoms in total. The second-order valence-electron chi connectivity index (χ2n) is 8.57. The Morgan fingerprint density at radius 1 is 0.838 bits per heavy atom. The van der Waals surface area contributed by atoms with Crippen LogP contribution in [0, 0.1) is 5.92 Å². The number of hydrogen-bond donors (Lipinski definition) is 8. The van der Waals surface area contributed by atoms with E-state index in [1.807, 2.05) is 0 Å². The Morgan fingerprint density at radius 3 is 1.78 bits per heavy atom. The average Bonchev–Trinajstić information content (AvgIpc) is 2.82. The largest absolute Gasteiger partial charge is 0.508 e. The molecule has 1 aromatic carbocycles. The molecule has 4 amide bonds. The van der Waals surface area contributed by atoms with Crippen LogP contribution in [-0.2, 0) is 35.2 Å². The van der Waals surface area contributed by atoms with Gasteiger partial charge in [0.25, 0.3) is 0 Å². The van der Waals surface area contributed by atoms with Crippen LogP contribution >= 0.6 is 0 Å². The van der Waals surface area contributed by atoms with Gasteiger partial charge in [0.1, 0.15) is 23.9 Å². The van der Waals surface area contributed by atoms with E-state index < -0.39 is 72.6 Å². The van der Waals surface area contributed by atoms with Gasteiger partial charge in [0.05, 0.1) is 18.9 Å². The molecule has 10 N–H and O–H groups in total. The van der Waals surface area contributed by atoms with Crippen LogP contribution in [-0.4, -0.2) is 75.1 Å². The first-order chi connectivity index (χ1) is 17.2. The van der Waals surface area contributed by atoms with Crippen molar-refractivity contribution < 1.29 is 44.1 Å². The summed E-state index contributed by atoms with van der Waals surface area (Å²) in [6, 6.07) is -0.264. The highest BCUT2D eigenvalue weighted by Gasteiger charge is 2.33. The molecule has 0 fully saturated rings. The fourth-order valence-electron chi connectivity index (χ4n) is 3.19. The number of carboxylic acids is 2. The normalized spacial score (nSPS) is 14.8. The van der Waals surface area contributed by atoms with E-state index >= 15 is 0 Å². The molecule has 0 aliphatic carbocycles. The highest BCUT2D eigenvalue weighted by molar-refractivity contribution is 5.97. The molecule has 0 bridgehead atoms. The number of rotatable bonds is 15. The number of nitrogens with two attached hydrogens (primary N) is 2. The predicted octanol–water partition coefficient (Wildman–Crippen LogP) is -1.80. The topological polar surface area (TPSA) is 251 Å². The monoisotopic (exact) mass is 523 g/mol. The van der Waals surface area contributed by atoms with Crippen LogP contribution in [0.15, 0.2) is 24.3 Å². The van der Waals surface area contributed by atoms with E-state index in [0.717, 1.165) is 0 Å². The van der Waals surface area contributed by atoms with Crippen LogP contribution in [0.3, 0.4) is 0 Å². The minimum absolute atomic E-state index is 0.0444. The Labute approximate surface area is 212 Å². The lowest BCUT2D eigenvalue weighted by Crippen LogP contribution is -2.58. The summed E-state index contributed by atoms with van der Waals surface area (Å²) in [6.45, 7) is 3.49. The van der Waals surface area contributed by atoms with Crippen molar-refractivity contribution in [2.24, 2.45) is 17.4 Å². The van der Waals surface area contributed by atoms with E-state index in [-0.39, 0.29) is 18.1 Å². The molecule has 14 heteroatoms. The first-order valence-electron chi connectivity index (χ1n) is 11.4. The maximum Gasteiger partial charge on any atom is 0.326 e. The van der Waals surface area contributed by atoms with Gasteiger partial charge in [-0.3, -0.25) is 24.0 Å². The van der Waals surface area contributed by atoms with Gasteiger partial charge in [-0.25, -0.2) is 4.79 Å². The van der Waals surface area contributed by atoms with E-state index in [0.29, 0.717) is 12.0 Å². The standard InChI is InChI=1S/C23H33N5O9/c1-3-11(2)19(25)22(35)27-15(10-18(31)32)21(34)26-14(9-17(24)30)20(33)28-16(23(36)37)8-12-4-6-13(29)7-5-12/h4-7,11,14-16,19,29H,3,8-10,25H2,1-2H3,(H2,24,30)(H,26,34)(H,27,35)(H,28,33)(H,31,32)(H,36,37). The number of benzene rings is 1. The number of nitrogens with one attached hydrogen (secondary N) is 3. The summed E-state index contributed by atoms with van der Waals surface area (Å²) in [4.78, 5) is 72.5. The molecule has 5 atom stereocenters. The van der Waals surface area contributed by atoms with Crippen LogP contribution in [0.5, 0.6) is 5.75 Å². The van der Waals surface area contributed by atoms with Gasteiger partial charge in [0.15, 0.2) is 0 Å². The van der Waals surface area contributed by atoms with Crippen LogP contribution in [0.1, 0.15) is 38.7 Å². The molecule has 204 valence electrons. The molecule has 0 saturated carbocycles. The van der Waals surface area contributed by atoms with E-state index in [9.17, 15) is 39.0 Å². The number of carbonyl (C=O) groups is 6. The van der Waals surface area contributed by atoms with Crippen molar-refractivity contribution >= 4 is 35.6 Å². The van der Waals surface area contributed by atoms with E-state index in [4.69, 9.17) is 16.6 Å². The first-order valence-corrected chi connectivity index (χ1v) is 11.4. The molecule has 0 heterocycles. The maximum atomic E-state index is 12.8. The second kappa shape index (κ2) is 14.4. The number of amides is 4. The summed E-state index contributed by atoms with van der Waals surface area (Å²) < 4.78 is 0.